The minimum absolute atomic E-state index is 0.120. The van der Waals surface area contributed by atoms with Crippen LogP contribution in [-0.2, 0) is 4.79 Å². The number of methoxy groups -OCH3 is 1. The van der Waals surface area contributed by atoms with Crippen LogP contribution in [0.25, 0.3) is 0 Å². The molecule has 0 amide bonds. The van der Waals surface area contributed by atoms with Crippen molar-refractivity contribution in [2.24, 2.45) is 5.41 Å². The number of fused-ring (bicyclic) bond motifs is 1. The summed E-state index contributed by atoms with van der Waals surface area (Å²) in [6.07, 6.45) is 1.27. The minimum Gasteiger partial charge on any atom is -0.493 e. The lowest BCUT2D eigenvalue weighted by molar-refractivity contribution is -0.118. The zero-order chi connectivity index (χ0) is 23.9. The van der Waals surface area contributed by atoms with Crippen LogP contribution < -0.4 is 20.1 Å². The van der Waals surface area contributed by atoms with Gasteiger partial charge in [0.2, 0.25) is 0 Å². The van der Waals surface area contributed by atoms with Gasteiger partial charge in [-0.25, -0.2) is 0 Å². The lowest BCUT2D eigenvalue weighted by atomic mass is 9.73. The number of anilines is 2. The Morgan fingerprint density at radius 1 is 0.941 bits per heavy atom. The van der Waals surface area contributed by atoms with Crippen molar-refractivity contribution in [2.75, 3.05) is 17.7 Å². The number of carbonyl (C=O) groups is 1. The summed E-state index contributed by atoms with van der Waals surface area (Å²) in [5.74, 6) is 2.07. The standard InChI is InChI=1S/C28H27ClN2O3/c1-28(2)15-22-26(23(32)16-28)27(18-8-4-5-9-19(18)29)31-21-14-17(12-13-20(21)30-22)34-25-11-7-6-10-24(25)33-3/h4-14,27,30-31H,15-16H2,1-3H3. The van der Waals surface area contributed by atoms with Gasteiger partial charge in [0, 0.05) is 28.8 Å². The van der Waals surface area contributed by atoms with Gasteiger partial charge in [-0.2, -0.15) is 0 Å². The molecule has 1 aliphatic heterocycles. The number of benzene rings is 3. The Bertz CT molecular complexity index is 1300. The third-order valence-electron chi connectivity index (χ3n) is 6.30. The second-order valence-electron chi connectivity index (χ2n) is 9.52. The summed E-state index contributed by atoms with van der Waals surface area (Å²) in [5.41, 5.74) is 4.16. The van der Waals surface area contributed by atoms with Gasteiger partial charge in [-0.05, 0) is 47.7 Å². The fourth-order valence-corrected chi connectivity index (χ4v) is 5.00. The van der Waals surface area contributed by atoms with Crippen molar-refractivity contribution < 1.29 is 14.3 Å². The molecule has 0 fully saturated rings. The summed E-state index contributed by atoms with van der Waals surface area (Å²) in [4.78, 5) is 13.4. The largest absolute Gasteiger partial charge is 0.493 e. The number of para-hydroxylation sites is 2. The number of nitrogens with one attached hydrogen (secondary N) is 2. The Morgan fingerprint density at radius 2 is 1.68 bits per heavy atom. The molecule has 0 radical (unpaired) electrons. The lowest BCUT2D eigenvalue weighted by Gasteiger charge is -2.34. The van der Waals surface area contributed by atoms with Gasteiger partial charge >= 0.3 is 0 Å². The second-order valence-corrected chi connectivity index (χ2v) is 9.92. The van der Waals surface area contributed by atoms with E-state index in [4.69, 9.17) is 21.1 Å². The first-order valence-electron chi connectivity index (χ1n) is 11.3. The van der Waals surface area contributed by atoms with Gasteiger partial charge in [-0.15, -0.1) is 0 Å². The van der Waals surface area contributed by atoms with Gasteiger partial charge in [0.25, 0.3) is 0 Å². The molecule has 1 aliphatic carbocycles. The summed E-state index contributed by atoms with van der Waals surface area (Å²) in [6.45, 7) is 4.26. The topological polar surface area (TPSA) is 59.6 Å². The van der Waals surface area contributed by atoms with Crippen molar-refractivity contribution in [1.29, 1.82) is 0 Å². The fraction of sp³-hybridized carbons (Fsp3) is 0.250. The van der Waals surface area contributed by atoms with E-state index in [9.17, 15) is 4.79 Å². The molecule has 3 aromatic rings. The third-order valence-corrected chi connectivity index (χ3v) is 6.64. The monoisotopic (exact) mass is 474 g/mol. The molecule has 5 nitrogen and oxygen atoms in total. The maximum absolute atomic E-state index is 13.4. The SMILES string of the molecule is COc1ccccc1Oc1ccc2c(c1)NC(c1ccccc1Cl)C1=C(CC(C)(C)CC1=O)N2. The maximum Gasteiger partial charge on any atom is 0.169 e. The van der Waals surface area contributed by atoms with Crippen molar-refractivity contribution >= 4 is 28.8 Å². The number of allylic oxidation sites excluding steroid dienone is 1. The van der Waals surface area contributed by atoms with Gasteiger partial charge in [0.15, 0.2) is 17.3 Å². The number of ether oxygens (including phenoxy) is 2. The van der Waals surface area contributed by atoms with Gasteiger partial charge < -0.3 is 20.1 Å². The van der Waals surface area contributed by atoms with Crippen LogP contribution in [0.5, 0.6) is 17.2 Å². The Labute approximate surface area is 204 Å². The van der Waals surface area contributed by atoms with E-state index in [-0.39, 0.29) is 17.2 Å². The molecule has 5 rings (SSSR count). The zero-order valence-electron chi connectivity index (χ0n) is 19.4. The van der Waals surface area contributed by atoms with Crippen molar-refractivity contribution in [3.8, 4) is 17.2 Å². The van der Waals surface area contributed by atoms with E-state index in [0.717, 1.165) is 34.6 Å². The molecular weight excluding hydrogens is 448 g/mol. The second kappa shape index (κ2) is 8.73. The van der Waals surface area contributed by atoms with Crippen molar-refractivity contribution in [3.05, 3.63) is 88.6 Å². The smallest absolute Gasteiger partial charge is 0.169 e. The van der Waals surface area contributed by atoms with Crippen LogP contribution in [0.1, 0.15) is 38.3 Å². The number of rotatable bonds is 4. The molecule has 3 aromatic carbocycles. The highest BCUT2D eigenvalue weighted by atomic mass is 35.5. The van der Waals surface area contributed by atoms with E-state index < -0.39 is 0 Å². The number of Topliss-reactive ketones (excluding diaryl/α,β-unsaturated/α-hetero) is 1. The molecule has 0 spiro atoms. The number of hydrogen-bond acceptors (Lipinski definition) is 5. The number of ketones is 1. The molecule has 1 heterocycles. The first kappa shape index (κ1) is 22.4. The summed E-state index contributed by atoms with van der Waals surface area (Å²) >= 11 is 6.61. The molecule has 0 saturated heterocycles. The van der Waals surface area contributed by atoms with E-state index in [0.29, 0.717) is 28.7 Å². The van der Waals surface area contributed by atoms with E-state index in [1.54, 1.807) is 7.11 Å². The van der Waals surface area contributed by atoms with Crippen LogP contribution in [0.15, 0.2) is 78.0 Å². The normalized spacial score (nSPS) is 18.7. The van der Waals surface area contributed by atoms with Crippen molar-refractivity contribution in [1.82, 2.24) is 0 Å². The van der Waals surface area contributed by atoms with E-state index in [1.165, 1.54) is 0 Å². The van der Waals surface area contributed by atoms with E-state index >= 15 is 0 Å². The van der Waals surface area contributed by atoms with E-state index in [1.807, 2.05) is 66.7 Å². The summed E-state index contributed by atoms with van der Waals surface area (Å²) in [5, 5.41) is 7.76. The predicted octanol–water partition coefficient (Wildman–Crippen LogP) is 7.36. The average molecular weight is 475 g/mol. The van der Waals surface area contributed by atoms with Crippen LogP contribution in [0.3, 0.4) is 0 Å². The first-order valence-corrected chi connectivity index (χ1v) is 11.7. The molecule has 0 saturated carbocycles. The molecule has 1 atom stereocenters. The Morgan fingerprint density at radius 3 is 2.44 bits per heavy atom. The van der Waals surface area contributed by atoms with Gasteiger partial charge in [0.05, 0.1) is 24.5 Å². The fourth-order valence-electron chi connectivity index (χ4n) is 4.76. The summed E-state index contributed by atoms with van der Waals surface area (Å²) in [7, 11) is 1.62. The maximum atomic E-state index is 13.4. The van der Waals surface area contributed by atoms with Crippen LogP contribution >= 0.6 is 11.6 Å². The average Bonchev–Trinajstić information content (AvgIpc) is 2.95. The molecule has 2 N–H and O–H groups in total. The minimum atomic E-state index is -0.373. The predicted molar refractivity (Wildman–Crippen MR) is 136 cm³/mol. The van der Waals surface area contributed by atoms with Crippen LogP contribution in [-0.4, -0.2) is 12.9 Å². The molecule has 6 heteroatoms. The van der Waals surface area contributed by atoms with Crippen molar-refractivity contribution in [2.45, 2.75) is 32.7 Å². The molecular formula is C28H27ClN2O3. The van der Waals surface area contributed by atoms with E-state index in [2.05, 4.69) is 24.5 Å². The Balaban J connectivity index is 1.58. The number of hydrogen-bond donors (Lipinski definition) is 2. The molecule has 2 aliphatic rings. The highest BCUT2D eigenvalue weighted by Crippen LogP contribution is 2.47. The molecule has 1 unspecified atom stereocenters. The van der Waals surface area contributed by atoms with Crippen LogP contribution in [0, 0.1) is 5.41 Å². The van der Waals surface area contributed by atoms with Gasteiger partial charge in [-0.3, -0.25) is 4.79 Å². The summed E-state index contributed by atoms with van der Waals surface area (Å²) < 4.78 is 11.6. The summed E-state index contributed by atoms with van der Waals surface area (Å²) in [6, 6.07) is 20.6. The first-order chi connectivity index (χ1) is 16.3. The molecule has 174 valence electrons. The molecule has 34 heavy (non-hydrogen) atoms. The lowest BCUT2D eigenvalue weighted by Crippen LogP contribution is -2.31. The number of carbonyl (C=O) groups excluding carboxylic acids is 1. The molecule has 0 bridgehead atoms. The Hall–Kier alpha value is -3.44. The highest BCUT2D eigenvalue weighted by molar-refractivity contribution is 6.31. The van der Waals surface area contributed by atoms with Crippen molar-refractivity contribution in [3.63, 3.8) is 0 Å². The third kappa shape index (κ3) is 4.24. The number of halogens is 1. The van der Waals surface area contributed by atoms with Crippen LogP contribution in [0.2, 0.25) is 5.02 Å². The van der Waals surface area contributed by atoms with Gasteiger partial charge in [-0.1, -0.05) is 55.8 Å². The Kier molecular flexibility index (Phi) is 5.74. The zero-order valence-corrected chi connectivity index (χ0v) is 20.2. The quantitative estimate of drug-likeness (QED) is 0.413. The van der Waals surface area contributed by atoms with Crippen LogP contribution in [0.4, 0.5) is 11.4 Å². The van der Waals surface area contributed by atoms with Gasteiger partial charge in [0.1, 0.15) is 5.75 Å². The molecule has 0 aromatic heterocycles. The highest BCUT2D eigenvalue weighted by Gasteiger charge is 2.39.